The van der Waals surface area contributed by atoms with E-state index in [4.69, 9.17) is 4.74 Å². The molecule has 2 aliphatic heterocycles. The van der Waals surface area contributed by atoms with Gasteiger partial charge in [0.15, 0.2) is 0 Å². The average Bonchev–Trinajstić information content (AvgIpc) is 3.02. The Morgan fingerprint density at radius 2 is 1.88 bits per heavy atom. The minimum absolute atomic E-state index is 0.0712. The number of hydrogen-bond donors (Lipinski definition) is 1. The normalized spacial score (nSPS) is 17.9. The number of piperidine rings is 1. The molecule has 4 rings (SSSR count). The highest BCUT2D eigenvalue weighted by Gasteiger charge is 2.43. The SMILES string of the molecule is C=C1CCC(N2C(=O)c3ccc(CCC(=O)Cc4cccc(OC)c4)cc3C2=O)C(=O)N1. The number of ether oxygens (including phenoxy) is 1. The molecule has 0 radical (unpaired) electrons. The first-order valence-corrected chi connectivity index (χ1v) is 10.5. The second-order valence-corrected chi connectivity index (χ2v) is 8.07. The molecule has 7 nitrogen and oxygen atoms in total. The molecule has 2 aromatic rings. The van der Waals surface area contributed by atoms with Crippen molar-refractivity contribution in [3.63, 3.8) is 0 Å². The van der Waals surface area contributed by atoms with Crippen LogP contribution >= 0.6 is 0 Å². The number of fused-ring (bicyclic) bond motifs is 1. The topological polar surface area (TPSA) is 92.8 Å². The maximum absolute atomic E-state index is 12.9. The molecule has 0 bridgehead atoms. The molecule has 2 aliphatic rings. The van der Waals surface area contributed by atoms with Crippen molar-refractivity contribution in [2.24, 2.45) is 0 Å². The van der Waals surface area contributed by atoms with E-state index in [0.717, 1.165) is 16.0 Å². The van der Waals surface area contributed by atoms with Gasteiger partial charge in [0.25, 0.3) is 11.8 Å². The van der Waals surface area contributed by atoms with Crippen LogP contribution in [0.3, 0.4) is 0 Å². The number of carbonyl (C=O) groups is 4. The summed E-state index contributed by atoms with van der Waals surface area (Å²) in [5, 5.41) is 2.62. The number of carbonyl (C=O) groups excluding carboxylic acids is 4. The van der Waals surface area contributed by atoms with E-state index >= 15 is 0 Å². The molecule has 3 amide bonds. The number of nitrogens with one attached hydrogen (secondary N) is 1. The van der Waals surface area contributed by atoms with Crippen LogP contribution in [0.2, 0.25) is 0 Å². The number of methoxy groups -OCH3 is 1. The Morgan fingerprint density at radius 1 is 1.09 bits per heavy atom. The maximum Gasteiger partial charge on any atom is 0.262 e. The predicted octanol–water partition coefficient (Wildman–Crippen LogP) is 2.83. The molecule has 2 aromatic carbocycles. The summed E-state index contributed by atoms with van der Waals surface area (Å²) in [4.78, 5) is 51.5. The number of nitrogens with zero attached hydrogens (tertiary/aromatic N) is 1. The van der Waals surface area contributed by atoms with E-state index in [1.165, 1.54) is 0 Å². The quantitative estimate of drug-likeness (QED) is 0.679. The minimum atomic E-state index is -0.833. The fourth-order valence-corrected chi connectivity index (χ4v) is 4.14. The summed E-state index contributed by atoms with van der Waals surface area (Å²) in [7, 11) is 1.58. The lowest BCUT2D eigenvalue weighted by atomic mass is 9.99. The Kier molecular flexibility index (Phi) is 5.90. The lowest BCUT2D eigenvalue weighted by Gasteiger charge is -2.29. The first-order valence-electron chi connectivity index (χ1n) is 10.5. The summed E-state index contributed by atoms with van der Waals surface area (Å²) in [5.74, 6) is -0.542. The van der Waals surface area contributed by atoms with Crippen LogP contribution in [0, 0.1) is 0 Å². The standard InChI is InChI=1S/C25H24N2O5/c1-15-6-11-22(23(29)26-15)27-24(30)20-10-8-16(14-21(20)25(27)31)7-9-18(28)12-17-4-3-5-19(13-17)32-2/h3-5,8,10,13-14,22H,1,6-7,9,11-12H2,2H3,(H,26,29). The van der Waals surface area contributed by atoms with Crippen molar-refractivity contribution < 1.29 is 23.9 Å². The van der Waals surface area contributed by atoms with Crippen molar-refractivity contribution >= 4 is 23.5 Å². The third-order valence-corrected chi connectivity index (χ3v) is 5.84. The number of hydrogen-bond acceptors (Lipinski definition) is 5. The van der Waals surface area contributed by atoms with Crippen molar-refractivity contribution in [3.05, 3.63) is 77.0 Å². The summed E-state index contributed by atoms with van der Waals surface area (Å²) >= 11 is 0. The van der Waals surface area contributed by atoms with Crippen LogP contribution in [0.25, 0.3) is 0 Å². The van der Waals surface area contributed by atoms with Crippen LogP contribution in [0.1, 0.15) is 51.1 Å². The molecule has 0 saturated carbocycles. The highest BCUT2D eigenvalue weighted by Crippen LogP contribution is 2.29. The first kappa shape index (κ1) is 21.5. The molecule has 1 atom stereocenters. The zero-order valence-electron chi connectivity index (χ0n) is 17.8. The Hall–Kier alpha value is -3.74. The Labute approximate surface area is 186 Å². The zero-order chi connectivity index (χ0) is 22.8. The van der Waals surface area contributed by atoms with Gasteiger partial charge in [-0.1, -0.05) is 24.8 Å². The van der Waals surface area contributed by atoms with Gasteiger partial charge in [-0.2, -0.15) is 0 Å². The van der Waals surface area contributed by atoms with E-state index in [-0.39, 0.29) is 17.3 Å². The predicted molar refractivity (Wildman–Crippen MR) is 117 cm³/mol. The van der Waals surface area contributed by atoms with Gasteiger partial charge in [0.05, 0.1) is 18.2 Å². The van der Waals surface area contributed by atoms with E-state index in [0.29, 0.717) is 49.1 Å². The highest BCUT2D eigenvalue weighted by molar-refractivity contribution is 6.23. The van der Waals surface area contributed by atoms with Gasteiger partial charge in [0.2, 0.25) is 5.91 Å². The summed E-state index contributed by atoms with van der Waals surface area (Å²) in [6.07, 6.45) is 1.96. The molecule has 1 saturated heterocycles. The Balaban J connectivity index is 1.43. The van der Waals surface area contributed by atoms with E-state index in [9.17, 15) is 19.2 Å². The van der Waals surface area contributed by atoms with Crippen molar-refractivity contribution in [1.29, 1.82) is 0 Å². The largest absolute Gasteiger partial charge is 0.497 e. The van der Waals surface area contributed by atoms with Crippen molar-refractivity contribution in [2.45, 2.75) is 38.1 Å². The lowest BCUT2D eigenvalue weighted by Crippen LogP contribution is -2.51. The van der Waals surface area contributed by atoms with Crippen molar-refractivity contribution in [3.8, 4) is 5.75 Å². The lowest BCUT2D eigenvalue weighted by molar-refractivity contribution is -0.125. The smallest absolute Gasteiger partial charge is 0.262 e. The van der Waals surface area contributed by atoms with Gasteiger partial charge in [0.1, 0.15) is 17.6 Å². The summed E-state index contributed by atoms with van der Waals surface area (Å²) in [6.45, 7) is 3.73. The number of ketones is 1. The summed E-state index contributed by atoms with van der Waals surface area (Å²) in [6, 6.07) is 11.6. The Bertz CT molecular complexity index is 1140. The molecular formula is C25H24N2O5. The molecule has 164 valence electrons. The third-order valence-electron chi connectivity index (χ3n) is 5.84. The molecule has 1 fully saturated rings. The van der Waals surface area contributed by atoms with Gasteiger partial charge in [-0.05, 0) is 54.7 Å². The average molecular weight is 432 g/mol. The number of amides is 3. The number of rotatable bonds is 7. The van der Waals surface area contributed by atoms with Crippen LogP contribution in [-0.2, 0) is 22.4 Å². The van der Waals surface area contributed by atoms with Gasteiger partial charge < -0.3 is 10.1 Å². The monoisotopic (exact) mass is 432 g/mol. The van der Waals surface area contributed by atoms with Gasteiger partial charge >= 0.3 is 0 Å². The number of benzene rings is 2. The van der Waals surface area contributed by atoms with Crippen LogP contribution in [0.4, 0.5) is 0 Å². The Morgan fingerprint density at radius 3 is 2.62 bits per heavy atom. The fourth-order valence-electron chi connectivity index (χ4n) is 4.14. The molecule has 7 heteroatoms. The molecule has 0 spiro atoms. The molecule has 0 aliphatic carbocycles. The molecule has 1 N–H and O–H groups in total. The van der Waals surface area contributed by atoms with Crippen LogP contribution < -0.4 is 10.1 Å². The number of Topliss-reactive ketones (excluding diaryl/α,β-unsaturated/α-hetero) is 1. The number of imide groups is 1. The van der Waals surface area contributed by atoms with Crippen LogP contribution in [0.5, 0.6) is 5.75 Å². The number of aryl methyl sites for hydroxylation is 1. The zero-order valence-corrected chi connectivity index (χ0v) is 17.8. The van der Waals surface area contributed by atoms with E-state index in [1.807, 2.05) is 24.3 Å². The molecule has 0 aromatic heterocycles. The third kappa shape index (κ3) is 4.19. The maximum atomic E-state index is 12.9. The van der Waals surface area contributed by atoms with Gasteiger partial charge in [0, 0.05) is 18.5 Å². The van der Waals surface area contributed by atoms with Crippen molar-refractivity contribution in [1.82, 2.24) is 10.2 Å². The molecule has 2 heterocycles. The van der Waals surface area contributed by atoms with Crippen LogP contribution in [0.15, 0.2) is 54.7 Å². The first-order chi connectivity index (χ1) is 15.4. The molecular weight excluding hydrogens is 408 g/mol. The summed E-state index contributed by atoms with van der Waals surface area (Å²) < 4.78 is 5.19. The fraction of sp³-hybridized carbons (Fsp3) is 0.280. The number of allylic oxidation sites excluding steroid dienone is 1. The van der Waals surface area contributed by atoms with Gasteiger partial charge in [-0.3, -0.25) is 24.1 Å². The van der Waals surface area contributed by atoms with Crippen LogP contribution in [-0.4, -0.2) is 41.6 Å². The highest BCUT2D eigenvalue weighted by atomic mass is 16.5. The van der Waals surface area contributed by atoms with E-state index < -0.39 is 17.9 Å². The molecule has 1 unspecified atom stereocenters. The second kappa shape index (κ2) is 8.78. The summed E-state index contributed by atoms with van der Waals surface area (Å²) in [5.41, 5.74) is 2.84. The van der Waals surface area contributed by atoms with Gasteiger partial charge in [-0.15, -0.1) is 0 Å². The van der Waals surface area contributed by atoms with Crippen molar-refractivity contribution in [2.75, 3.05) is 7.11 Å². The molecule has 32 heavy (non-hydrogen) atoms. The van der Waals surface area contributed by atoms with E-state index in [2.05, 4.69) is 11.9 Å². The minimum Gasteiger partial charge on any atom is -0.497 e. The van der Waals surface area contributed by atoms with E-state index in [1.54, 1.807) is 25.3 Å². The van der Waals surface area contributed by atoms with Gasteiger partial charge in [-0.25, -0.2) is 0 Å². The second-order valence-electron chi connectivity index (χ2n) is 8.07.